The molecule has 3 nitrogen and oxygen atoms in total. The van der Waals surface area contributed by atoms with E-state index >= 15 is 0 Å². The van der Waals surface area contributed by atoms with Crippen molar-refractivity contribution >= 4 is 5.57 Å². The topological polar surface area (TPSA) is 56.8 Å². The van der Waals surface area contributed by atoms with Crippen LogP contribution < -0.4 is 4.74 Å². The second-order valence-corrected chi connectivity index (χ2v) is 3.95. The van der Waals surface area contributed by atoms with E-state index in [9.17, 15) is 0 Å². The maximum Gasteiger partial charge on any atom is 0.133 e. The smallest absolute Gasteiger partial charge is 0.133 e. The Morgan fingerprint density at radius 1 is 1.24 bits per heavy atom. The van der Waals surface area contributed by atoms with E-state index in [1.807, 2.05) is 30.3 Å². The minimum Gasteiger partial charge on any atom is -0.497 e. The SMILES string of the molecule is COc1ccc2c(c1)CCCC2=C(C#N)C#N. The van der Waals surface area contributed by atoms with Gasteiger partial charge < -0.3 is 4.74 Å². The number of benzene rings is 1. The summed E-state index contributed by atoms with van der Waals surface area (Å²) in [6, 6.07) is 9.76. The number of hydrogen-bond acceptors (Lipinski definition) is 3. The van der Waals surface area contributed by atoms with E-state index in [4.69, 9.17) is 15.3 Å². The molecule has 0 atom stereocenters. The fourth-order valence-corrected chi connectivity index (χ4v) is 2.21. The molecule has 0 spiro atoms. The molecule has 0 aromatic heterocycles. The molecule has 0 N–H and O–H groups in total. The van der Waals surface area contributed by atoms with Gasteiger partial charge in [-0.15, -0.1) is 0 Å². The molecular weight excluding hydrogens is 212 g/mol. The van der Waals surface area contributed by atoms with E-state index in [2.05, 4.69) is 0 Å². The largest absolute Gasteiger partial charge is 0.497 e. The molecule has 0 amide bonds. The molecule has 3 heteroatoms. The number of nitrogens with zero attached hydrogens (tertiary/aromatic N) is 2. The van der Waals surface area contributed by atoms with Crippen molar-refractivity contribution in [2.75, 3.05) is 7.11 Å². The second-order valence-electron chi connectivity index (χ2n) is 3.95. The molecule has 0 unspecified atom stereocenters. The molecule has 0 saturated heterocycles. The third-order valence-corrected chi connectivity index (χ3v) is 3.04. The highest BCUT2D eigenvalue weighted by Gasteiger charge is 2.18. The normalized spacial score (nSPS) is 13.2. The Labute approximate surface area is 101 Å². The van der Waals surface area contributed by atoms with Crippen LogP contribution in [-0.2, 0) is 6.42 Å². The molecule has 17 heavy (non-hydrogen) atoms. The molecule has 2 rings (SSSR count). The maximum atomic E-state index is 8.95. The molecule has 1 aliphatic rings. The Morgan fingerprint density at radius 3 is 2.65 bits per heavy atom. The maximum absolute atomic E-state index is 8.95. The Kier molecular flexibility index (Phi) is 3.12. The summed E-state index contributed by atoms with van der Waals surface area (Å²) in [5.41, 5.74) is 3.29. The molecule has 1 aliphatic carbocycles. The number of allylic oxidation sites excluding steroid dienone is 2. The number of nitriles is 2. The van der Waals surface area contributed by atoms with Crippen LogP contribution in [0.1, 0.15) is 24.0 Å². The van der Waals surface area contributed by atoms with Gasteiger partial charge in [-0.2, -0.15) is 10.5 Å². The molecule has 0 heterocycles. The first-order chi connectivity index (χ1) is 8.30. The third kappa shape index (κ3) is 2.00. The van der Waals surface area contributed by atoms with Crippen LogP contribution in [0.2, 0.25) is 0 Å². The highest BCUT2D eigenvalue weighted by Crippen LogP contribution is 2.34. The summed E-state index contributed by atoms with van der Waals surface area (Å²) in [7, 11) is 1.64. The van der Waals surface area contributed by atoms with Crippen molar-refractivity contribution in [2.45, 2.75) is 19.3 Å². The van der Waals surface area contributed by atoms with E-state index in [1.165, 1.54) is 0 Å². The van der Waals surface area contributed by atoms with Crippen molar-refractivity contribution < 1.29 is 4.74 Å². The number of hydrogen-bond donors (Lipinski definition) is 0. The van der Waals surface area contributed by atoms with Gasteiger partial charge in [-0.3, -0.25) is 0 Å². The molecule has 0 aliphatic heterocycles. The summed E-state index contributed by atoms with van der Waals surface area (Å²) >= 11 is 0. The van der Waals surface area contributed by atoms with Gasteiger partial charge in [-0.25, -0.2) is 0 Å². The first-order valence-electron chi connectivity index (χ1n) is 5.50. The van der Waals surface area contributed by atoms with Gasteiger partial charge in [0.1, 0.15) is 23.5 Å². The highest BCUT2D eigenvalue weighted by atomic mass is 16.5. The zero-order valence-corrected chi connectivity index (χ0v) is 9.66. The molecular formula is C14H12N2O. The second kappa shape index (κ2) is 4.72. The number of rotatable bonds is 1. The van der Waals surface area contributed by atoms with Crippen molar-refractivity contribution in [3.05, 3.63) is 34.9 Å². The van der Waals surface area contributed by atoms with E-state index < -0.39 is 0 Å². The fourth-order valence-electron chi connectivity index (χ4n) is 2.21. The van der Waals surface area contributed by atoms with Crippen molar-refractivity contribution in [3.8, 4) is 17.9 Å². The Balaban J connectivity index is 2.58. The number of ether oxygens (including phenoxy) is 1. The summed E-state index contributed by atoms with van der Waals surface area (Å²) in [6.07, 6.45) is 2.75. The number of fused-ring (bicyclic) bond motifs is 1. The van der Waals surface area contributed by atoms with Crippen LogP contribution in [0.4, 0.5) is 0 Å². The van der Waals surface area contributed by atoms with E-state index in [0.29, 0.717) is 0 Å². The number of methoxy groups -OCH3 is 1. The van der Waals surface area contributed by atoms with E-state index in [0.717, 1.165) is 41.7 Å². The van der Waals surface area contributed by atoms with E-state index in [-0.39, 0.29) is 5.57 Å². The van der Waals surface area contributed by atoms with Gasteiger partial charge in [0.2, 0.25) is 0 Å². The molecule has 0 saturated carbocycles. The van der Waals surface area contributed by atoms with Gasteiger partial charge in [-0.1, -0.05) is 6.07 Å². The molecule has 84 valence electrons. The van der Waals surface area contributed by atoms with Gasteiger partial charge in [-0.05, 0) is 48.1 Å². The van der Waals surface area contributed by atoms with Gasteiger partial charge >= 0.3 is 0 Å². The summed E-state index contributed by atoms with van der Waals surface area (Å²) in [6.45, 7) is 0. The quantitative estimate of drug-likeness (QED) is 0.689. The Morgan fingerprint density at radius 2 is 2.00 bits per heavy atom. The average Bonchev–Trinajstić information content (AvgIpc) is 2.39. The lowest BCUT2D eigenvalue weighted by molar-refractivity contribution is 0.414. The van der Waals surface area contributed by atoms with Gasteiger partial charge in [0.15, 0.2) is 0 Å². The summed E-state index contributed by atoms with van der Waals surface area (Å²) in [5.74, 6) is 0.820. The molecule has 1 aromatic rings. The minimum absolute atomic E-state index is 0.233. The zero-order chi connectivity index (χ0) is 12.3. The molecule has 0 radical (unpaired) electrons. The van der Waals surface area contributed by atoms with E-state index in [1.54, 1.807) is 7.11 Å². The lowest BCUT2D eigenvalue weighted by Crippen LogP contribution is -2.04. The summed E-state index contributed by atoms with van der Waals surface area (Å²) < 4.78 is 5.18. The van der Waals surface area contributed by atoms with Crippen molar-refractivity contribution in [1.29, 1.82) is 10.5 Å². The van der Waals surface area contributed by atoms with Crippen molar-refractivity contribution in [2.24, 2.45) is 0 Å². The monoisotopic (exact) mass is 224 g/mol. The predicted molar refractivity (Wildman–Crippen MR) is 64.1 cm³/mol. The van der Waals surface area contributed by atoms with Gasteiger partial charge in [0, 0.05) is 0 Å². The summed E-state index contributed by atoms with van der Waals surface area (Å²) in [5, 5.41) is 17.9. The molecule has 0 fully saturated rings. The van der Waals surface area contributed by atoms with Crippen LogP contribution in [0.5, 0.6) is 5.75 Å². The van der Waals surface area contributed by atoms with Crippen LogP contribution in [0.3, 0.4) is 0 Å². The van der Waals surface area contributed by atoms with Crippen molar-refractivity contribution in [3.63, 3.8) is 0 Å². The van der Waals surface area contributed by atoms with Crippen LogP contribution in [-0.4, -0.2) is 7.11 Å². The highest BCUT2D eigenvalue weighted by molar-refractivity contribution is 5.78. The molecule has 0 bridgehead atoms. The van der Waals surface area contributed by atoms with Crippen LogP contribution >= 0.6 is 0 Å². The lowest BCUT2D eigenvalue weighted by Gasteiger charge is -2.19. The average molecular weight is 224 g/mol. The third-order valence-electron chi connectivity index (χ3n) is 3.04. The first kappa shape index (κ1) is 11.2. The summed E-state index contributed by atoms with van der Waals surface area (Å²) in [4.78, 5) is 0. The lowest BCUT2D eigenvalue weighted by atomic mass is 9.85. The standard InChI is InChI=1S/C14H12N2O/c1-17-12-5-6-14-10(7-12)3-2-4-13(14)11(8-15)9-16/h5-7H,2-4H2,1H3. The zero-order valence-electron chi connectivity index (χ0n) is 9.66. The van der Waals surface area contributed by atoms with Gasteiger partial charge in [0.05, 0.1) is 7.11 Å². The molecule has 1 aromatic carbocycles. The van der Waals surface area contributed by atoms with Crippen molar-refractivity contribution in [1.82, 2.24) is 0 Å². The fraction of sp³-hybridized carbons (Fsp3) is 0.286. The predicted octanol–water partition coefficient (Wildman–Crippen LogP) is 2.83. The van der Waals surface area contributed by atoms with Crippen LogP contribution in [0.15, 0.2) is 23.8 Å². The van der Waals surface area contributed by atoms with Gasteiger partial charge in [0.25, 0.3) is 0 Å². The first-order valence-corrected chi connectivity index (χ1v) is 5.50. The Bertz CT molecular complexity index is 543. The van der Waals surface area contributed by atoms with Crippen LogP contribution in [0.25, 0.3) is 5.57 Å². The number of aryl methyl sites for hydroxylation is 1. The Hall–Kier alpha value is -2.26. The minimum atomic E-state index is 0.233. The van der Waals surface area contributed by atoms with Crippen LogP contribution in [0, 0.1) is 22.7 Å².